The van der Waals surface area contributed by atoms with E-state index < -0.39 is 0 Å². The Kier molecular flexibility index (Phi) is 4.30. The molecule has 1 unspecified atom stereocenters. The van der Waals surface area contributed by atoms with E-state index in [1.165, 1.54) is 5.56 Å². The zero-order valence-electron chi connectivity index (χ0n) is 11.8. The third-order valence-electron chi connectivity index (χ3n) is 3.74. The van der Waals surface area contributed by atoms with Gasteiger partial charge in [0.15, 0.2) is 0 Å². The SMILES string of the molecule is CCCCNC(=O)C(C)N1CCc2cccc(N)c21. The van der Waals surface area contributed by atoms with E-state index in [2.05, 4.69) is 23.2 Å². The second-order valence-electron chi connectivity index (χ2n) is 5.12. The number of nitrogen functional groups attached to an aromatic ring is 1. The lowest BCUT2D eigenvalue weighted by atomic mass is 10.1. The van der Waals surface area contributed by atoms with Crippen molar-refractivity contribution in [2.24, 2.45) is 0 Å². The minimum Gasteiger partial charge on any atom is -0.397 e. The molecule has 0 aliphatic carbocycles. The van der Waals surface area contributed by atoms with Crippen LogP contribution in [-0.2, 0) is 11.2 Å². The van der Waals surface area contributed by atoms with Crippen molar-refractivity contribution in [1.82, 2.24) is 5.32 Å². The van der Waals surface area contributed by atoms with E-state index >= 15 is 0 Å². The van der Waals surface area contributed by atoms with Crippen LogP contribution in [0.15, 0.2) is 18.2 Å². The summed E-state index contributed by atoms with van der Waals surface area (Å²) < 4.78 is 0. The van der Waals surface area contributed by atoms with Gasteiger partial charge in [-0.2, -0.15) is 0 Å². The van der Waals surface area contributed by atoms with Crippen molar-refractivity contribution in [3.8, 4) is 0 Å². The Bertz CT molecular complexity index is 459. The molecule has 104 valence electrons. The van der Waals surface area contributed by atoms with E-state index in [0.29, 0.717) is 0 Å². The second-order valence-corrected chi connectivity index (χ2v) is 5.12. The van der Waals surface area contributed by atoms with Gasteiger partial charge >= 0.3 is 0 Å². The first-order chi connectivity index (χ1) is 9.15. The van der Waals surface area contributed by atoms with Crippen molar-refractivity contribution < 1.29 is 4.79 Å². The highest BCUT2D eigenvalue weighted by Gasteiger charge is 2.28. The summed E-state index contributed by atoms with van der Waals surface area (Å²) in [5, 5.41) is 2.99. The molecule has 19 heavy (non-hydrogen) atoms. The third kappa shape index (κ3) is 2.83. The Hall–Kier alpha value is -1.71. The summed E-state index contributed by atoms with van der Waals surface area (Å²) in [4.78, 5) is 14.2. The fraction of sp³-hybridized carbons (Fsp3) is 0.533. The molecule has 4 heteroatoms. The molecule has 1 aliphatic rings. The number of benzene rings is 1. The number of para-hydroxylation sites is 1. The Morgan fingerprint density at radius 1 is 1.53 bits per heavy atom. The van der Waals surface area contributed by atoms with Gasteiger partial charge in [-0.3, -0.25) is 4.79 Å². The molecule has 1 aromatic carbocycles. The molecule has 0 bridgehead atoms. The van der Waals surface area contributed by atoms with Gasteiger partial charge < -0.3 is 16.0 Å². The fourth-order valence-electron chi connectivity index (χ4n) is 2.58. The molecule has 0 aromatic heterocycles. The molecule has 3 N–H and O–H groups in total. The van der Waals surface area contributed by atoms with Crippen LogP contribution in [0.3, 0.4) is 0 Å². The van der Waals surface area contributed by atoms with Crippen LogP contribution in [0.5, 0.6) is 0 Å². The monoisotopic (exact) mass is 261 g/mol. The van der Waals surface area contributed by atoms with Crippen LogP contribution in [0, 0.1) is 0 Å². The highest BCUT2D eigenvalue weighted by Crippen LogP contribution is 2.34. The smallest absolute Gasteiger partial charge is 0.242 e. The highest BCUT2D eigenvalue weighted by atomic mass is 16.2. The topological polar surface area (TPSA) is 58.4 Å². The molecule has 1 amide bonds. The first-order valence-electron chi connectivity index (χ1n) is 7.07. The third-order valence-corrected chi connectivity index (χ3v) is 3.74. The van der Waals surface area contributed by atoms with Crippen LogP contribution in [0.2, 0.25) is 0 Å². The van der Waals surface area contributed by atoms with E-state index in [-0.39, 0.29) is 11.9 Å². The molecule has 0 saturated heterocycles. The Morgan fingerprint density at radius 2 is 2.32 bits per heavy atom. The molecular weight excluding hydrogens is 238 g/mol. The predicted molar refractivity (Wildman–Crippen MR) is 79.3 cm³/mol. The number of unbranched alkanes of at least 4 members (excludes halogenated alkanes) is 1. The van der Waals surface area contributed by atoms with Crippen molar-refractivity contribution >= 4 is 17.3 Å². The Balaban J connectivity index is 2.06. The lowest BCUT2D eigenvalue weighted by Crippen LogP contribution is -2.45. The molecule has 4 nitrogen and oxygen atoms in total. The predicted octanol–water partition coefficient (Wildman–Crippen LogP) is 1.94. The molecule has 0 fully saturated rings. The van der Waals surface area contributed by atoms with E-state index in [1.807, 2.05) is 19.1 Å². The number of hydrogen-bond acceptors (Lipinski definition) is 3. The Labute approximate surface area is 115 Å². The summed E-state index contributed by atoms with van der Waals surface area (Å²) in [5.74, 6) is 0.0875. The standard InChI is InChI=1S/C15H23N3O/c1-3-4-9-17-15(19)11(2)18-10-8-12-6-5-7-13(16)14(12)18/h5-7,11H,3-4,8-10,16H2,1-2H3,(H,17,19). The summed E-state index contributed by atoms with van der Waals surface area (Å²) in [6.07, 6.45) is 3.08. The minimum atomic E-state index is -0.164. The number of carbonyl (C=O) groups is 1. The van der Waals surface area contributed by atoms with Gasteiger partial charge in [0.1, 0.15) is 6.04 Å². The number of fused-ring (bicyclic) bond motifs is 1. The van der Waals surface area contributed by atoms with Gasteiger partial charge in [-0.25, -0.2) is 0 Å². The molecule has 0 spiro atoms. The van der Waals surface area contributed by atoms with Gasteiger partial charge in [0.2, 0.25) is 5.91 Å². The van der Waals surface area contributed by atoms with Crippen LogP contribution >= 0.6 is 0 Å². The van der Waals surface area contributed by atoms with Gasteiger partial charge in [0.25, 0.3) is 0 Å². The van der Waals surface area contributed by atoms with Gasteiger partial charge in [-0.1, -0.05) is 25.5 Å². The molecule has 1 atom stereocenters. The van der Waals surface area contributed by atoms with Crippen molar-refractivity contribution in [2.75, 3.05) is 23.7 Å². The largest absolute Gasteiger partial charge is 0.397 e. The van der Waals surface area contributed by atoms with Crippen LogP contribution in [0.4, 0.5) is 11.4 Å². The van der Waals surface area contributed by atoms with E-state index in [0.717, 1.165) is 43.7 Å². The van der Waals surface area contributed by atoms with Gasteiger partial charge in [0, 0.05) is 13.1 Å². The first kappa shape index (κ1) is 13.7. The lowest BCUT2D eigenvalue weighted by Gasteiger charge is -2.27. The summed E-state index contributed by atoms with van der Waals surface area (Å²) in [5.41, 5.74) is 9.10. The maximum absolute atomic E-state index is 12.1. The fourth-order valence-corrected chi connectivity index (χ4v) is 2.58. The van der Waals surface area contributed by atoms with E-state index in [4.69, 9.17) is 5.73 Å². The molecular formula is C15H23N3O. The zero-order chi connectivity index (χ0) is 13.8. The number of nitrogens with two attached hydrogens (primary N) is 1. The lowest BCUT2D eigenvalue weighted by molar-refractivity contribution is -0.122. The normalized spacial score (nSPS) is 15.2. The van der Waals surface area contributed by atoms with E-state index in [9.17, 15) is 4.79 Å². The molecule has 1 heterocycles. The zero-order valence-corrected chi connectivity index (χ0v) is 11.8. The van der Waals surface area contributed by atoms with Crippen LogP contribution < -0.4 is 16.0 Å². The van der Waals surface area contributed by atoms with Gasteiger partial charge in [-0.15, -0.1) is 0 Å². The average molecular weight is 261 g/mol. The average Bonchev–Trinajstić information content (AvgIpc) is 2.83. The summed E-state index contributed by atoms with van der Waals surface area (Å²) in [7, 11) is 0. The maximum atomic E-state index is 12.1. The van der Waals surface area contributed by atoms with E-state index in [1.54, 1.807) is 0 Å². The highest BCUT2D eigenvalue weighted by molar-refractivity contribution is 5.87. The summed E-state index contributed by atoms with van der Waals surface area (Å²) in [6, 6.07) is 5.80. The van der Waals surface area contributed by atoms with Crippen molar-refractivity contribution in [1.29, 1.82) is 0 Å². The van der Waals surface area contributed by atoms with Gasteiger partial charge in [0.05, 0.1) is 11.4 Å². The van der Waals surface area contributed by atoms with Gasteiger partial charge in [-0.05, 0) is 31.4 Å². The Morgan fingerprint density at radius 3 is 3.05 bits per heavy atom. The number of nitrogens with zero attached hydrogens (tertiary/aromatic N) is 1. The minimum absolute atomic E-state index is 0.0875. The maximum Gasteiger partial charge on any atom is 0.242 e. The molecule has 0 radical (unpaired) electrons. The van der Waals surface area contributed by atoms with Crippen molar-refractivity contribution in [3.63, 3.8) is 0 Å². The van der Waals surface area contributed by atoms with Crippen molar-refractivity contribution in [3.05, 3.63) is 23.8 Å². The van der Waals surface area contributed by atoms with Crippen molar-refractivity contribution in [2.45, 2.75) is 39.2 Å². The van der Waals surface area contributed by atoms with Crippen LogP contribution in [0.25, 0.3) is 0 Å². The second kappa shape index (κ2) is 5.95. The quantitative estimate of drug-likeness (QED) is 0.629. The summed E-state index contributed by atoms with van der Waals surface area (Å²) >= 11 is 0. The van der Waals surface area contributed by atoms with Crippen LogP contribution in [0.1, 0.15) is 32.3 Å². The molecule has 0 saturated carbocycles. The summed E-state index contributed by atoms with van der Waals surface area (Å²) in [6.45, 7) is 5.69. The number of carbonyl (C=O) groups excluding carboxylic acids is 1. The number of nitrogens with one attached hydrogen (secondary N) is 1. The van der Waals surface area contributed by atoms with Crippen LogP contribution in [-0.4, -0.2) is 25.0 Å². The number of rotatable bonds is 5. The molecule has 1 aromatic rings. The first-order valence-corrected chi connectivity index (χ1v) is 7.07. The number of anilines is 2. The number of amides is 1. The number of hydrogen-bond donors (Lipinski definition) is 2. The molecule has 2 rings (SSSR count). The molecule has 1 aliphatic heterocycles.